The Labute approximate surface area is 141 Å². The molecule has 0 spiro atoms. The summed E-state index contributed by atoms with van der Waals surface area (Å²) in [5.41, 5.74) is 5.99. The van der Waals surface area contributed by atoms with Crippen LogP contribution < -0.4 is 5.32 Å². The minimum absolute atomic E-state index is 0.118. The number of nitrogens with one attached hydrogen (secondary N) is 1. The molecule has 1 aliphatic carbocycles. The molecule has 24 heavy (non-hydrogen) atoms. The number of rotatable bonds is 3. The number of aromatic nitrogens is 2. The van der Waals surface area contributed by atoms with Crippen LogP contribution in [0.1, 0.15) is 33.6 Å². The van der Waals surface area contributed by atoms with Crippen molar-refractivity contribution in [1.82, 2.24) is 9.78 Å². The first kappa shape index (κ1) is 14.7. The molecule has 0 fully saturated rings. The molecule has 4 nitrogen and oxygen atoms in total. The predicted molar refractivity (Wildman–Crippen MR) is 94.7 cm³/mol. The summed E-state index contributed by atoms with van der Waals surface area (Å²) >= 11 is 0. The molecule has 4 heteroatoms. The first-order chi connectivity index (χ1) is 11.7. The summed E-state index contributed by atoms with van der Waals surface area (Å²) in [7, 11) is 0. The molecule has 1 aliphatic rings. The quantitative estimate of drug-likeness (QED) is 0.796. The highest BCUT2D eigenvalue weighted by Crippen LogP contribution is 2.25. The topological polar surface area (TPSA) is 46.9 Å². The number of hydrogen-bond donors (Lipinski definition) is 1. The Morgan fingerprint density at radius 3 is 2.71 bits per heavy atom. The van der Waals surface area contributed by atoms with E-state index in [0.29, 0.717) is 5.56 Å². The Morgan fingerprint density at radius 1 is 1.08 bits per heavy atom. The highest BCUT2D eigenvalue weighted by Gasteiger charge is 2.16. The molecule has 0 unspecified atom stereocenters. The third kappa shape index (κ3) is 2.60. The van der Waals surface area contributed by atoms with Gasteiger partial charge in [-0.1, -0.05) is 24.3 Å². The van der Waals surface area contributed by atoms with Crippen LogP contribution in [0, 0.1) is 6.92 Å². The Kier molecular flexibility index (Phi) is 3.65. The zero-order chi connectivity index (χ0) is 16.5. The van der Waals surface area contributed by atoms with Gasteiger partial charge in [0.2, 0.25) is 0 Å². The van der Waals surface area contributed by atoms with Gasteiger partial charge in [-0.25, -0.2) is 4.68 Å². The van der Waals surface area contributed by atoms with Crippen molar-refractivity contribution in [2.75, 3.05) is 5.32 Å². The normalized spacial score (nSPS) is 12.9. The van der Waals surface area contributed by atoms with Gasteiger partial charge < -0.3 is 5.32 Å². The van der Waals surface area contributed by atoms with Crippen LogP contribution in [0.5, 0.6) is 0 Å². The van der Waals surface area contributed by atoms with E-state index < -0.39 is 0 Å². The van der Waals surface area contributed by atoms with Crippen LogP contribution in [-0.2, 0) is 12.8 Å². The first-order valence-electron chi connectivity index (χ1n) is 8.25. The first-order valence-corrected chi connectivity index (χ1v) is 8.25. The van der Waals surface area contributed by atoms with Gasteiger partial charge in [-0.2, -0.15) is 5.10 Å². The van der Waals surface area contributed by atoms with E-state index in [-0.39, 0.29) is 5.91 Å². The van der Waals surface area contributed by atoms with Crippen molar-refractivity contribution in [2.45, 2.75) is 26.2 Å². The average molecular weight is 317 g/mol. The van der Waals surface area contributed by atoms with Crippen molar-refractivity contribution in [3.63, 3.8) is 0 Å². The molecule has 1 N–H and O–H groups in total. The molecule has 0 aliphatic heterocycles. The summed E-state index contributed by atoms with van der Waals surface area (Å²) in [5.74, 6) is -0.118. The Bertz CT molecular complexity index is 897. The average Bonchev–Trinajstić information content (AvgIpc) is 3.21. The van der Waals surface area contributed by atoms with Crippen molar-refractivity contribution in [1.29, 1.82) is 0 Å². The Hall–Kier alpha value is -2.88. The maximum Gasteiger partial charge on any atom is 0.259 e. The van der Waals surface area contributed by atoms with Crippen molar-refractivity contribution in [3.05, 3.63) is 77.1 Å². The van der Waals surface area contributed by atoms with E-state index in [4.69, 9.17) is 0 Å². The van der Waals surface area contributed by atoms with Crippen molar-refractivity contribution in [3.8, 4) is 5.69 Å². The summed E-state index contributed by atoms with van der Waals surface area (Å²) in [5, 5.41) is 7.36. The second-order valence-electron chi connectivity index (χ2n) is 6.18. The molecule has 0 radical (unpaired) electrons. The zero-order valence-electron chi connectivity index (χ0n) is 13.6. The van der Waals surface area contributed by atoms with Gasteiger partial charge in [-0.15, -0.1) is 0 Å². The Morgan fingerprint density at radius 2 is 1.88 bits per heavy atom. The number of para-hydroxylation sites is 1. The van der Waals surface area contributed by atoms with Gasteiger partial charge in [0, 0.05) is 5.69 Å². The number of aryl methyl sites for hydroxylation is 2. The van der Waals surface area contributed by atoms with E-state index in [1.165, 1.54) is 17.5 Å². The molecule has 120 valence electrons. The summed E-state index contributed by atoms with van der Waals surface area (Å²) in [6.07, 6.45) is 5.08. The second kappa shape index (κ2) is 5.96. The minimum Gasteiger partial charge on any atom is -0.322 e. The molecule has 1 aromatic heterocycles. The van der Waals surface area contributed by atoms with Crippen LogP contribution in [0.4, 0.5) is 5.69 Å². The van der Waals surface area contributed by atoms with E-state index in [9.17, 15) is 4.79 Å². The fraction of sp³-hybridized carbons (Fsp3) is 0.200. The maximum absolute atomic E-state index is 12.6. The summed E-state index contributed by atoms with van der Waals surface area (Å²) in [6, 6.07) is 16.0. The molecule has 0 bridgehead atoms. The number of carbonyl (C=O) groups is 1. The lowest BCUT2D eigenvalue weighted by Gasteiger charge is -2.08. The minimum atomic E-state index is -0.118. The van der Waals surface area contributed by atoms with Crippen LogP contribution in [0.25, 0.3) is 5.69 Å². The second-order valence-corrected chi connectivity index (χ2v) is 6.18. The van der Waals surface area contributed by atoms with Gasteiger partial charge >= 0.3 is 0 Å². The number of anilines is 1. The van der Waals surface area contributed by atoms with Crippen LogP contribution >= 0.6 is 0 Å². The number of benzene rings is 2. The molecule has 3 aromatic rings. The van der Waals surface area contributed by atoms with Crippen LogP contribution in [-0.4, -0.2) is 15.7 Å². The molecule has 1 amide bonds. The summed E-state index contributed by atoms with van der Waals surface area (Å²) in [4.78, 5) is 12.6. The van der Waals surface area contributed by atoms with Gasteiger partial charge in [0.1, 0.15) is 0 Å². The van der Waals surface area contributed by atoms with Gasteiger partial charge in [-0.3, -0.25) is 4.79 Å². The molecule has 0 atom stereocenters. The molecular weight excluding hydrogens is 298 g/mol. The molecule has 0 saturated carbocycles. The zero-order valence-corrected chi connectivity index (χ0v) is 13.6. The third-order valence-corrected chi connectivity index (χ3v) is 4.61. The fourth-order valence-electron chi connectivity index (χ4n) is 3.31. The highest BCUT2D eigenvalue weighted by atomic mass is 16.1. The third-order valence-electron chi connectivity index (χ3n) is 4.61. The van der Waals surface area contributed by atoms with E-state index in [1.807, 2.05) is 43.3 Å². The lowest BCUT2D eigenvalue weighted by molar-refractivity contribution is 0.102. The number of nitrogens with zero attached hydrogens (tertiary/aromatic N) is 2. The van der Waals surface area contributed by atoms with Crippen LogP contribution in [0.2, 0.25) is 0 Å². The van der Waals surface area contributed by atoms with Gasteiger partial charge in [0.25, 0.3) is 5.91 Å². The van der Waals surface area contributed by atoms with E-state index in [2.05, 4.69) is 22.5 Å². The number of fused-ring (bicyclic) bond motifs is 1. The van der Waals surface area contributed by atoms with Gasteiger partial charge in [0.15, 0.2) is 0 Å². The van der Waals surface area contributed by atoms with Crippen LogP contribution in [0.3, 0.4) is 0 Å². The number of amides is 1. The number of carbonyl (C=O) groups excluding carboxylic acids is 1. The van der Waals surface area contributed by atoms with Crippen LogP contribution in [0.15, 0.2) is 54.7 Å². The van der Waals surface area contributed by atoms with Crippen molar-refractivity contribution >= 4 is 11.6 Å². The van der Waals surface area contributed by atoms with Gasteiger partial charge in [-0.05, 0) is 61.6 Å². The van der Waals surface area contributed by atoms with E-state index in [1.54, 1.807) is 10.9 Å². The predicted octanol–water partition coefficient (Wildman–Crippen LogP) is 3.92. The molecule has 2 aromatic carbocycles. The number of hydrogen-bond acceptors (Lipinski definition) is 2. The fourth-order valence-corrected chi connectivity index (χ4v) is 3.31. The van der Waals surface area contributed by atoms with E-state index in [0.717, 1.165) is 29.9 Å². The smallest absolute Gasteiger partial charge is 0.259 e. The SMILES string of the molecule is Cc1c(C(=O)Nc2ccc3c(c2)CCC3)cnn1-c1ccccc1. The standard InChI is InChI=1S/C20H19N3O/c1-14-19(13-21-23(14)18-8-3-2-4-9-18)20(24)22-17-11-10-15-6-5-7-16(15)12-17/h2-4,8-13H,5-7H2,1H3,(H,22,24). The monoisotopic (exact) mass is 317 g/mol. The molecular formula is C20H19N3O. The largest absolute Gasteiger partial charge is 0.322 e. The Balaban J connectivity index is 1.58. The maximum atomic E-state index is 12.6. The van der Waals surface area contributed by atoms with Gasteiger partial charge in [0.05, 0.1) is 23.1 Å². The lowest BCUT2D eigenvalue weighted by Crippen LogP contribution is -2.13. The summed E-state index contributed by atoms with van der Waals surface area (Å²) in [6.45, 7) is 1.91. The molecule has 4 rings (SSSR count). The van der Waals surface area contributed by atoms with Crippen molar-refractivity contribution < 1.29 is 4.79 Å². The highest BCUT2D eigenvalue weighted by molar-refractivity contribution is 6.05. The van der Waals surface area contributed by atoms with Crippen molar-refractivity contribution in [2.24, 2.45) is 0 Å². The molecule has 1 heterocycles. The summed E-state index contributed by atoms with van der Waals surface area (Å²) < 4.78 is 1.79. The lowest BCUT2D eigenvalue weighted by atomic mass is 10.1. The molecule has 0 saturated heterocycles. The van der Waals surface area contributed by atoms with E-state index >= 15 is 0 Å².